The summed E-state index contributed by atoms with van der Waals surface area (Å²) in [7, 11) is 1.64. The number of aromatic nitrogens is 2. The van der Waals surface area contributed by atoms with E-state index >= 15 is 0 Å². The topological polar surface area (TPSA) is 56.2 Å². The predicted molar refractivity (Wildman–Crippen MR) is 89.7 cm³/mol. The summed E-state index contributed by atoms with van der Waals surface area (Å²) in [5, 5.41) is 2.72. The molecule has 2 aromatic carbocycles. The molecule has 1 aromatic heterocycles. The van der Waals surface area contributed by atoms with Gasteiger partial charge >= 0.3 is 0 Å². The first kappa shape index (κ1) is 14.7. The highest BCUT2D eigenvalue weighted by molar-refractivity contribution is 6.04. The number of nitrogens with one attached hydrogen (secondary N) is 1. The molecule has 0 spiro atoms. The Morgan fingerprint density at radius 2 is 2.13 bits per heavy atom. The van der Waals surface area contributed by atoms with Gasteiger partial charge in [0.2, 0.25) is 0 Å². The number of carbonyl (C=O) groups is 1. The van der Waals surface area contributed by atoms with E-state index in [1.807, 2.05) is 47.0 Å². The summed E-state index contributed by atoms with van der Waals surface area (Å²) in [4.78, 5) is 15.9. The van der Waals surface area contributed by atoms with Crippen molar-refractivity contribution in [1.82, 2.24) is 9.55 Å². The van der Waals surface area contributed by atoms with E-state index in [2.05, 4.69) is 22.1 Å². The maximum atomic E-state index is 11.5. The number of carbonyl (C=O) groups excluding carboxylic acids is 1. The molecule has 5 heteroatoms. The molecule has 0 aliphatic heterocycles. The minimum absolute atomic E-state index is 0.334. The van der Waals surface area contributed by atoms with E-state index < -0.39 is 0 Å². The van der Waals surface area contributed by atoms with Gasteiger partial charge in [-0.1, -0.05) is 12.0 Å². The highest BCUT2D eigenvalue weighted by Gasteiger charge is 2.07. The molecule has 3 rings (SSSR count). The number of anilines is 1. The summed E-state index contributed by atoms with van der Waals surface area (Å²) in [6.07, 6.45) is 1.75. The maximum Gasteiger partial charge on any atom is 0.300 e. The van der Waals surface area contributed by atoms with E-state index in [4.69, 9.17) is 4.74 Å². The molecule has 0 saturated carbocycles. The second-order valence-corrected chi connectivity index (χ2v) is 4.85. The predicted octanol–water partition coefficient (Wildman–Crippen LogP) is 3.00. The lowest BCUT2D eigenvalue weighted by Crippen LogP contribution is -2.08. The minimum atomic E-state index is -0.334. The van der Waals surface area contributed by atoms with Crippen molar-refractivity contribution in [2.75, 3.05) is 12.4 Å². The van der Waals surface area contributed by atoms with Crippen molar-refractivity contribution in [3.05, 3.63) is 48.8 Å². The average molecular weight is 305 g/mol. The van der Waals surface area contributed by atoms with Crippen molar-refractivity contribution in [3.63, 3.8) is 0 Å². The highest BCUT2D eigenvalue weighted by atomic mass is 16.5. The fraction of sp³-hybridized carbons (Fsp3) is 0.111. The van der Waals surface area contributed by atoms with Crippen LogP contribution in [0.2, 0.25) is 0 Å². The second kappa shape index (κ2) is 6.24. The molecule has 0 aliphatic carbocycles. The number of hydrogen-bond acceptors (Lipinski definition) is 3. The van der Waals surface area contributed by atoms with Gasteiger partial charge < -0.3 is 10.1 Å². The Kier molecular flexibility index (Phi) is 3.98. The molecular formula is C18H15N3O2. The van der Waals surface area contributed by atoms with Crippen LogP contribution in [-0.4, -0.2) is 22.6 Å². The van der Waals surface area contributed by atoms with Crippen molar-refractivity contribution in [2.45, 2.75) is 6.92 Å². The Morgan fingerprint density at radius 3 is 2.91 bits per heavy atom. The summed E-state index contributed by atoms with van der Waals surface area (Å²) in [5.41, 5.74) is 3.36. The monoisotopic (exact) mass is 305 g/mol. The Labute approximate surface area is 133 Å². The zero-order valence-corrected chi connectivity index (χ0v) is 12.8. The molecule has 0 radical (unpaired) electrons. The Bertz CT molecular complexity index is 932. The molecule has 0 aliphatic rings. The van der Waals surface area contributed by atoms with Crippen molar-refractivity contribution < 1.29 is 9.53 Å². The van der Waals surface area contributed by atoms with Crippen LogP contribution in [0.5, 0.6) is 5.75 Å². The van der Waals surface area contributed by atoms with Crippen LogP contribution >= 0.6 is 0 Å². The van der Waals surface area contributed by atoms with Gasteiger partial charge in [-0.15, -0.1) is 0 Å². The fourth-order valence-electron chi connectivity index (χ4n) is 2.33. The van der Waals surface area contributed by atoms with Gasteiger partial charge in [0.1, 0.15) is 12.1 Å². The third-order valence-electron chi connectivity index (χ3n) is 3.38. The number of imidazole rings is 1. The molecule has 0 fully saturated rings. The molecule has 23 heavy (non-hydrogen) atoms. The van der Waals surface area contributed by atoms with E-state index in [-0.39, 0.29) is 5.91 Å². The molecule has 0 saturated heterocycles. The van der Waals surface area contributed by atoms with E-state index in [0.717, 1.165) is 22.5 Å². The number of methoxy groups -OCH3 is 1. The summed E-state index contributed by atoms with van der Waals surface area (Å²) in [6.45, 7) is 1.62. The molecule has 1 N–H and O–H groups in total. The van der Waals surface area contributed by atoms with E-state index in [9.17, 15) is 4.79 Å². The fourth-order valence-corrected chi connectivity index (χ4v) is 2.33. The standard InChI is InChI=1S/C18H15N3O2/c1-3-5-18(22)20-13-8-9-17-16(10-13)19-12-21(17)14-6-4-7-15(11-14)23-2/h4,6-12H,1-2H3,(H,20,22). The molecular weight excluding hydrogens is 290 g/mol. The first-order chi connectivity index (χ1) is 11.2. The van der Waals surface area contributed by atoms with Crippen LogP contribution in [0.15, 0.2) is 48.8 Å². The van der Waals surface area contributed by atoms with E-state index in [0.29, 0.717) is 5.69 Å². The molecule has 1 amide bonds. The maximum absolute atomic E-state index is 11.5. The lowest BCUT2D eigenvalue weighted by molar-refractivity contribution is -0.111. The molecule has 114 valence electrons. The number of benzene rings is 2. The number of hydrogen-bond donors (Lipinski definition) is 1. The van der Waals surface area contributed by atoms with Crippen molar-refractivity contribution >= 4 is 22.6 Å². The zero-order chi connectivity index (χ0) is 16.2. The quantitative estimate of drug-likeness (QED) is 0.757. The van der Waals surface area contributed by atoms with E-state index in [1.54, 1.807) is 20.4 Å². The molecule has 0 unspecified atom stereocenters. The third-order valence-corrected chi connectivity index (χ3v) is 3.38. The van der Waals surface area contributed by atoms with Gasteiger partial charge in [0.05, 0.1) is 23.8 Å². The number of amides is 1. The van der Waals surface area contributed by atoms with Gasteiger partial charge in [-0.05, 0) is 43.2 Å². The van der Waals surface area contributed by atoms with Gasteiger partial charge in [0, 0.05) is 11.8 Å². The van der Waals surface area contributed by atoms with Crippen LogP contribution in [-0.2, 0) is 4.79 Å². The SMILES string of the molecule is CC#CC(=O)Nc1ccc2c(c1)ncn2-c1cccc(OC)c1. The van der Waals surface area contributed by atoms with Gasteiger partial charge in [-0.3, -0.25) is 9.36 Å². The number of ether oxygens (including phenoxy) is 1. The van der Waals surface area contributed by atoms with Crippen LogP contribution in [0.25, 0.3) is 16.7 Å². The van der Waals surface area contributed by atoms with Crippen molar-refractivity contribution in [3.8, 4) is 23.3 Å². The lowest BCUT2D eigenvalue weighted by atomic mass is 10.2. The van der Waals surface area contributed by atoms with Gasteiger partial charge in [0.15, 0.2) is 0 Å². The number of rotatable bonds is 3. The molecule has 1 heterocycles. The van der Waals surface area contributed by atoms with Crippen LogP contribution in [0.1, 0.15) is 6.92 Å². The molecule has 0 atom stereocenters. The molecule has 3 aromatic rings. The largest absolute Gasteiger partial charge is 0.497 e. The van der Waals surface area contributed by atoms with Crippen molar-refractivity contribution in [2.24, 2.45) is 0 Å². The lowest BCUT2D eigenvalue weighted by Gasteiger charge is -2.07. The van der Waals surface area contributed by atoms with Crippen LogP contribution in [0, 0.1) is 11.8 Å². The Morgan fingerprint density at radius 1 is 1.26 bits per heavy atom. The number of fused-ring (bicyclic) bond motifs is 1. The summed E-state index contributed by atoms with van der Waals surface area (Å²) in [6, 6.07) is 13.3. The van der Waals surface area contributed by atoms with Crippen LogP contribution < -0.4 is 10.1 Å². The van der Waals surface area contributed by atoms with Crippen molar-refractivity contribution in [1.29, 1.82) is 0 Å². The Balaban J connectivity index is 1.97. The van der Waals surface area contributed by atoms with E-state index in [1.165, 1.54) is 0 Å². The van der Waals surface area contributed by atoms with Gasteiger partial charge in [-0.25, -0.2) is 4.98 Å². The highest BCUT2D eigenvalue weighted by Crippen LogP contribution is 2.23. The third kappa shape index (κ3) is 3.01. The van der Waals surface area contributed by atoms with Gasteiger partial charge in [-0.2, -0.15) is 0 Å². The smallest absolute Gasteiger partial charge is 0.300 e. The first-order valence-corrected chi connectivity index (χ1v) is 7.06. The summed E-state index contributed by atoms with van der Waals surface area (Å²) in [5.74, 6) is 5.46. The normalized spacial score (nSPS) is 10.0. The average Bonchev–Trinajstić information content (AvgIpc) is 2.98. The molecule has 0 bridgehead atoms. The second-order valence-electron chi connectivity index (χ2n) is 4.85. The summed E-state index contributed by atoms with van der Waals surface area (Å²) >= 11 is 0. The van der Waals surface area contributed by atoms with Crippen LogP contribution in [0.3, 0.4) is 0 Å². The zero-order valence-electron chi connectivity index (χ0n) is 12.8. The number of nitrogens with zero attached hydrogens (tertiary/aromatic N) is 2. The Hall–Kier alpha value is -3.26. The minimum Gasteiger partial charge on any atom is -0.497 e. The summed E-state index contributed by atoms with van der Waals surface area (Å²) < 4.78 is 7.22. The first-order valence-electron chi connectivity index (χ1n) is 7.06. The van der Waals surface area contributed by atoms with Crippen LogP contribution in [0.4, 0.5) is 5.69 Å². The van der Waals surface area contributed by atoms with Gasteiger partial charge in [0.25, 0.3) is 5.91 Å². The molecule has 5 nitrogen and oxygen atoms in total.